The maximum Gasteiger partial charge on any atom is 0.252 e. The first-order valence-corrected chi connectivity index (χ1v) is 6.94. The van der Waals surface area contributed by atoms with Crippen LogP contribution < -0.4 is 16.0 Å². The Balaban J connectivity index is 2.09. The van der Waals surface area contributed by atoms with E-state index in [9.17, 15) is 9.59 Å². The van der Waals surface area contributed by atoms with E-state index in [1.807, 2.05) is 6.92 Å². The van der Waals surface area contributed by atoms with E-state index in [1.165, 1.54) is 7.05 Å². The molecule has 0 spiro atoms. The van der Waals surface area contributed by atoms with Gasteiger partial charge >= 0.3 is 0 Å². The Labute approximate surface area is 123 Å². The van der Waals surface area contributed by atoms with Crippen LogP contribution in [0.5, 0.6) is 0 Å². The maximum absolute atomic E-state index is 12.1. The Morgan fingerprint density at radius 1 is 1.40 bits per heavy atom. The normalized spacial score (nSPS) is 16.1. The average Bonchev–Trinajstić information content (AvgIpc) is 2.38. The van der Waals surface area contributed by atoms with Crippen molar-refractivity contribution in [3.63, 3.8) is 0 Å². The molecule has 0 bridgehead atoms. The number of rotatable bonds is 4. The van der Waals surface area contributed by atoms with E-state index in [4.69, 9.17) is 11.6 Å². The van der Waals surface area contributed by atoms with E-state index in [0.717, 1.165) is 13.1 Å². The van der Waals surface area contributed by atoms with Crippen molar-refractivity contribution in [2.75, 3.05) is 25.5 Å². The summed E-state index contributed by atoms with van der Waals surface area (Å²) in [5.74, 6) is 0.000102. The van der Waals surface area contributed by atoms with Gasteiger partial charge in [0.25, 0.3) is 5.91 Å². The predicted octanol–water partition coefficient (Wildman–Crippen LogP) is 1.49. The lowest BCUT2D eigenvalue weighted by Crippen LogP contribution is -2.48. The summed E-state index contributed by atoms with van der Waals surface area (Å²) >= 11 is 5.97. The molecule has 0 aromatic heterocycles. The summed E-state index contributed by atoms with van der Waals surface area (Å²) in [7, 11) is 1.54. The van der Waals surface area contributed by atoms with Gasteiger partial charge < -0.3 is 16.0 Å². The first kappa shape index (κ1) is 14.8. The third kappa shape index (κ3) is 3.11. The molecule has 1 atom stereocenters. The van der Waals surface area contributed by atoms with Crippen molar-refractivity contribution in [2.45, 2.75) is 6.92 Å². The number of hydrogen-bond donors (Lipinski definition) is 3. The van der Waals surface area contributed by atoms with Crippen molar-refractivity contribution in [3.8, 4) is 0 Å². The third-order valence-electron chi connectivity index (χ3n) is 3.64. The quantitative estimate of drug-likeness (QED) is 0.788. The minimum absolute atomic E-state index is 0.0401. The molecular weight excluding hydrogens is 278 g/mol. The Morgan fingerprint density at radius 2 is 2.10 bits per heavy atom. The van der Waals surface area contributed by atoms with Crippen LogP contribution in [-0.2, 0) is 4.79 Å². The zero-order valence-electron chi connectivity index (χ0n) is 11.5. The number of nitrogens with one attached hydrogen (secondary N) is 3. The number of anilines is 1. The van der Waals surface area contributed by atoms with Crippen molar-refractivity contribution < 1.29 is 9.59 Å². The molecule has 2 rings (SSSR count). The third-order valence-corrected chi connectivity index (χ3v) is 3.97. The van der Waals surface area contributed by atoms with E-state index in [2.05, 4.69) is 16.0 Å². The van der Waals surface area contributed by atoms with Gasteiger partial charge in [-0.25, -0.2) is 0 Å². The molecule has 1 aromatic carbocycles. The summed E-state index contributed by atoms with van der Waals surface area (Å²) < 4.78 is 0. The van der Waals surface area contributed by atoms with Crippen molar-refractivity contribution in [1.29, 1.82) is 0 Å². The molecule has 0 saturated carbocycles. The lowest BCUT2D eigenvalue weighted by atomic mass is 9.88. The van der Waals surface area contributed by atoms with Crippen LogP contribution in [0.1, 0.15) is 17.3 Å². The van der Waals surface area contributed by atoms with Gasteiger partial charge in [-0.15, -0.1) is 0 Å². The summed E-state index contributed by atoms with van der Waals surface area (Å²) in [5.41, 5.74) is 0.932. The molecule has 2 amide bonds. The molecule has 5 nitrogen and oxygen atoms in total. The lowest BCUT2D eigenvalue weighted by Gasteiger charge is -2.31. The van der Waals surface area contributed by atoms with E-state index in [-0.39, 0.29) is 17.7 Å². The lowest BCUT2D eigenvalue weighted by molar-refractivity contribution is -0.121. The Kier molecular flexibility index (Phi) is 4.62. The van der Waals surface area contributed by atoms with E-state index < -0.39 is 0 Å². The number of hydrogen-bond acceptors (Lipinski definition) is 3. The molecule has 1 aromatic rings. The zero-order valence-corrected chi connectivity index (χ0v) is 12.3. The molecule has 0 radical (unpaired) electrons. The van der Waals surface area contributed by atoms with Crippen LogP contribution in [0.2, 0.25) is 5.02 Å². The van der Waals surface area contributed by atoms with E-state index in [0.29, 0.717) is 22.2 Å². The fraction of sp³-hybridized carbons (Fsp3) is 0.429. The highest BCUT2D eigenvalue weighted by molar-refractivity contribution is 6.34. The molecule has 1 unspecified atom stereocenters. The molecule has 6 heteroatoms. The van der Waals surface area contributed by atoms with Crippen LogP contribution in [0.25, 0.3) is 0 Å². The molecule has 20 heavy (non-hydrogen) atoms. The summed E-state index contributed by atoms with van der Waals surface area (Å²) in [5, 5.41) is 8.86. The second kappa shape index (κ2) is 6.24. The van der Waals surface area contributed by atoms with Gasteiger partial charge in [-0.1, -0.05) is 18.5 Å². The highest BCUT2D eigenvalue weighted by Gasteiger charge is 2.28. The second-order valence-corrected chi connectivity index (χ2v) is 5.38. The number of halogens is 1. The molecule has 1 fully saturated rings. The fourth-order valence-corrected chi connectivity index (χ4v) is 2.25. The van der Waals surface area contributed by atoms with Gasteiger partial charge in [-0.05, 0) is 37.2 Å². The molecule has 1 saturated heterocycles. The van der Waals surface area contributed by atoms with Crippen molar-refractivity contribution in [3.05, 3.63) is 28.8 Å². The standard InChI is InChI=1S/C14H18ClN3O2/c1-8(9-6-17-7-9)13(19)18-10-3-4-12(15)11(5-10)14(20)16-2/h3-5,8-9,17H,6-7H2,1-2H3,(H,16,20)(H,18,19). The molecule has 1 heterocycles. The van der Waals surface area contributed by atoms with Gasteiger partial charge in [0, 0.05) is 18.7 Å². The van der Waals surface area contributed by atoms with E-state index >= 15 is 0 Å². The molecular formula is C14H18ClN3O2. The minimum Gasteiger partial charge on any atom is -0.355 e. The van der Waals surface area contributed by atoms with Gasteiger partial charge in [0.1, 0.15) is 0 Å². The SMILES string of the molecule is CNC(=O)c1cc(NC(=O)C(C)C2CNC2)ccc1Cl. The molecule has 1 aliphatic heterocycles. The van der Waals surface area contributed by atoms with Crippen LogP contribution in [0, 0.1) is 11.8 Å². The highest BCUT2D eigenvalue weighted by Crippen LogP contribution is 2.22. The fourth-order valence-electron chi connectivity index (χ4n) is 2.05. The maximum atomic E-state index is 12.1. The summed E-state index contributed by atoms with van der Waals surface area (Å²) in [6, 6.07) is 4.89. The molecule has 0 aliphatic carbocycles. The second-order valence-electron chi connectivity index (χ2n) is 4.97. The van der Waals surface area contributed by atoms with Crippen LogP contribution in [0.4, 0.5) is 5.69 Å². The molecule has 3 N–H and O–H groups in total. The Hall–Kier alpha value is -1.59. The monoisotopic (exact) mass is 295 g/mol. The minimum atomic E-state index is -0.276. The Morgan fingerprint density at radius 3 is 2.65 bits per heavy atom. The van der Waals surface area contributed by atoms with Crippen LogP contribution in [0.15, 0.2) is 18.2 Å². The van der Waals surface area contributed by atoms with Gasteiger partial charge in [-0.2, -0.15) is 0 Å². The van der Waals surface area contributed by atoms with Gasteiger partial charge in [-0.3, -0.25) is 9.59 Å². The topological polar surface area (TPSA) is 70.2 Å². The first-order chi connectivity index (χ1) is 9.52. The highest BCUT2D eigenvalue weighted by atomic mass is 35.5. The summed E-state index contributed by atoms with van der Waals surface area (Å²) in [6.45, 7) is 3.66. The molecule has 108 valence electrons. The van der Waals surface area contributed by atoms with E-state index in [1.54, 1.807) is 18.2 Å². The van der Waals surface area contributed by atoms with Crippen molar-refractivity contribution >= 4 is 29.1 Å². The van der Waals surface area contributed by atoms with Gasteiger partial charge in [0.15, 0.2) is 0 Å². The van der Waals surface area contributed by atoms with Crippen LogP contribution >= 0.6 is 11.6 Å². The number of amides is 2. The predicted molar refractivity (Wildman–Crippen MR) is 79.0 cm³/mol. The number of benzene rings is 1. The summed E-state index contributed by atoms with van der Waals surface area (Å²) in [6.07, 6.45) is 0. The summed E-state index contributed by atoms with van der Waals surface area (Å²) in [4.78, 5) is 23.8. The van der Waals surface area contributed by atoms with Crippen molar-refractivity contribution in [1.82, 2.24) is 10.6 Å². The number of carbonyl (C=O) groups excluding carboxylic acids is 2. The average molecular weight is 296 g/mol. The smallest absolute Gasteiger partial charge is 0.252 e. The zero-order chi connectivity index (χ0) is 14.7. The van der Waals surface area contributed by atoms with Gasteiger partial charge in [0.05, 0.1) is 10.6 Å². The van der Waals surface area contributed by atoms with Gasteiger partial charge in [0.2, 0.25) is 5.91 Å². The first-order valence-electron chi connectivity index (χ1n) is 6.56. The Bertz CT molecular complexity index is 529. The van der Waals surface area contributed by atoms with Crippen LogP contribution in [-0.4, -0.2) is 32.0 Å². The number of carbonyl (C=O) groups is 2. The largest absolute Gasteiger partial charge is 0.355 e. The van der Waals surface area contributed by atoms with Crippen molar-refractivity contribution in [2.24, 2.45) is 11.8 Å². The molecule has 1 aliphatic rings. The van der Waals surface area contributed by atoms with Crippen LogP contribution in [0.3, 0.4) is 0 Å².